The van der Waals surface area contributed by atoms with Crippen molar-refractivity contribution >= 4 is 17.9 Å². The maximum atomic E-state index is 12.9. The fourth-order valence-corrected chi connectivity index (χ4v) is 2.97. The molecule has 0 unspecified atom stereocenters. The van der Waals surface area contributed by atoms with Gasteiger partial charge in [0.15, 0.2) is 17.8 Å². The van der Waals surface area contributed by atoms with Gasteiger partial charge in [0.1, 0.15) is 0 Å². The highest BCUT2D eigenvalue weighted by Crippen LogP contribution is 2.23. The van der Waals surface area contributed by atoms with E-state index in [2.05, 4.69) is 25.0 Å². The molecule has 0 fully saturated rings. The molecular formula is C22H22N8O2. The molecule has 4 rings (SSSR count). The first-order valence-corrected chi connectivity index (χ1v) is 9.90. The lowest BCUT2D eigenvalue weighted by Gasteiger charge is -2.14. The van der Waals surface area contributed by atoms with Crippen molar-refractivity contribution in [3.63, 3.8) is 0 Å². The van der Waals surface area contributed by atoms with E-state index in [1.54, 1.807) is 30.6 Å². The number of hydrogen-bond donors (Lipinski definition) is 1. The number of esters is 1. The number of ether oxygens (including phenoxy) is 1. The van der Waals surface area contributed by atoms with Crippen molar-refractivity contribution in [2.45, 2.75) is 13.0 Å². The Morgan fingerprint density at radius 3 is 2.28 bits per heavy atom. The molecule has 2 heterocycles. The van der Waals surface area contributed by atoms with Crippen LogP contribution in [0.2, 0.25) is 0 Å². The van der Waals surface area contributed by atoms with Gasteiger partial charge in [-0.05, 0) is 19.1 Å². The van der Waals surface area contributed by atoms with E-state index >= 15 is 0 Å². The smallest absolute Gasteiger partial charge is 0.378 e. The molecule has 0 spiro atoms. The number of carbonyl (C=O) groups is 1. The molecule has 0 bridgehead atoms. The first-order valence-electron chi connectivity index (χ1n) is 9.90. The van der Waals surface area contributed by atoms with E-state index in [9.17, 15) is 4.79 Å². The van der Waals surface area contributed by atoms with E-state index in [1.165, 1.54) is 0 Å². The van der Waals surface area contributed by atoms with Gasteiger partial charge in [-0.2, -0.15) is 15.0 Å². The molecule has 162 valence electrons. The normalized spacial score (nSPS) is 11.7. The topological polar surface area (TPSA) is 125 Å². The highest BCUT2D eigenvalue weighted by atomic mass is 16.5. The average molecular weight is 430 g/mol. The number of hydrogen-bond acceptors (Lipinski definition) is 9. The van der Waals surface area contributed by atoms with Crippen LogP contribution in [0.4, 0.5) is 11.9 Å². The molecule has 10 heteroatoms. The molecule has 2 N–H and O–H groups in total. The maximum Gasteiger partial charge on any atom is 0.378 e. The van der Waals surface area contributed by atoms with E-state index in [0.29, 0.717) is 11.8 Å². The summed E-state index contributed by atoms with van der Waals surface area (Å²) in [6.07, 6.45) is -0.782. The molecule has 0 radical (unpaired) electrons. The maximum absolute atomic E-state index is 12.9. The van der Waals surface area contributed by atoms with Gasteiger partial charge < -0.3 is 15.4 Å². The minimum Gasteiger partial charge on any atom is -0.448 e. The molecule has 0 amide bonds. The summed E-state index contributed by atoms with van der Waals surface area (Å²) < 4.78 is 7.16. The molecule has 2 aromatic carbocycles. The second-order valence-corrected chi connectivity index (χ2v) is 7.17. The number of para-hydroxylation sites is 1. The quantitative estimate of drug-likeness (QED) is 0.460. The molecule has 1 atom stereocenters. The van der Waals surface area contributed by atoms with Gasteiger partial charge in [-0.15, -0.1) is 5.10 Å². The van der Waals surface area contributed by atoms with Crippen molar-refractivity contribution in [3.8, 4) is 17.1 Å². The number of aromatic nitrogens is 6. The summed E-state index contributed by atoms with van der Waals surface area (Å²) in [7, 11) is 3.56. The summed E-state index contributed by atoms with van der Waals surface area (Å²) in [5.74, 6) is 0.396. The van der Waals surface area contributed by atoms with Crippen LogP contribution in [0.3, 0.4) is 0 Å². The van der Waals surface area contributed by atoms with Gasteiger partial charge in [-0.25, -0.2) is 14.5 Å². The number of anilines is 2. The predicted molar refractivity (Wildman–Crippen MR) is 119 cm³/mol. The Hall–Kier alpha value is -4.34. The zero-order valence-corrected chi connectivity index (χ0v) is 17.9. The SMILES string of the molecule is C[C@H](OC(=O)c1nc(-c2ccccc2)n(-c2ccccc2)n1)c1nc(N)nc(N(C)C)n1. The third kappa shape index (κ3) is 4.38. The lowest BCUT2D eigenvalue weighted by atomic mass is 10.2. The zero-order chi connectivity index (χ0) is 22.7. The Balaban J connectivity index is 1.65. The third-order valence-corrected chi connectivity index (χ3v) is 4.53. The van der Waals surface area contributed by atoms with Gasteiger partial charge in [0.05, 0.1) is 5.69 Å². The van der Waals surface area contributed by atoms with Crippen LogP contribution in [-0.2, 0) is 4.74 Å². The van der Waals surface area contributed by atoms with Crippen LogP contribution in [0, 0.1) is 0 Å². The van der Waals surface area contributed by atoms with Crippen molar-refractivity contribution in [1.29, 1.82) is 0 Å². The summed E-state index contributed by atoms with van der Waals surface area (Å²) in [6.45, 7) is 1.65. The number of carbonyl (C=O) groups excluding carboxylic acids is 1. The molecule has 0 saturated heterocycles. The van der Waals surface area contributed by atoms with Crippen LogP contribution in [-0.4, -0.2) is 49.8 Å². The summed E-state index contributed by atoms with van der Waals surface area (Å²) in [4.78, 5) is 31.5. The fourth-order valence-electron chi connectivity index (χ4n) is 2.97. The monoisotopic (exact) mass is 430 g/mol. The lowest BCUT2D eigenvalue weighted by molar-refractivity contribution is 0.0305. The van der Waals surface area contributed by atoms with E-state index in [-0.39, 0.29) is 17.6 Å². The van der Waals surface area contributed by atoms with Crippen LogP contribution < -0.4 is 10.6 Å². The van der Waals surface area contributed by atoms with Crippen LogP contribution in [0.25, 0.3) is 17.1 Å². The van der Waals surface area contributed by atoms with Gasteiger partial charge in [-0.1, -0.05) is 48.5 Å². The van der Waals surface area contributed by atoms with E-state index < -0.39 is 12.1 Å². The molecule has 0 aliphatic carbocycles. The van der Waals surface area contributed by atoms with Crippen molar-refractivity contribution in [1.82, 2.24) is 29.7 Å². The highest BCUT2D eigenvalue weighted by molar-refractivity contribution is 5.86. The number of rotatable bonds is 6. The Kier molecular flexibility index (Phi) is 5.75. The second-order valence-electron chi connectivity index (χ2n) is 7.17. The Labute approximate surface area is 184 Å². The van der Waals surface area contributed by atoms with Crippen LogP contribution in [0.5, 0.6) is 0 Å². The van der Waals surface area contributed by atoms with Crippen LogP contribution in [0.15, 0.2) is 60.7 Å². The van der Waals surface area contributed by atoms with Gasteiger partial charge >= 0.3 is 5.97 Å². The molecule has 0 saturated carbocycles. The Morgan fingerprint density at radius 2 is 1.62 bits per heavy atom. The second kappa shape index (κ2) is 8.80. The molecule has 4 aromatic rings. The van der Waals surface area contributed by atoms with Gasteiger partial charge in [0.25, 0.3) is 5.82 Å². The first-order chi connectivity index (χ1) is 15.4. The summed E-state index contributed by atoms with van der Waals surface area (Å²) >= 11 is 0. The molecule has 2 aromatic heterocycles. The number of nitrogen functional groups attached to an aromatic ring is 1. The average Bonchev–Trinajstić information content (AvgIpc) is 3.25. The minimum atomic E-state index is -0.782. The number of benzene rings is 2. The standard InChI is InChI=1S/C22H22N8O2/c1-14(17-25-21(23)27-22(26-17)29(2)3)32-20(31)18-24-19(15-10-6-4-7-11-15)30(28-18)16-12-8-5-9-13-16/h4-14H,1-3H3,(H2,23,25,26,27)/t14-/m0/s1. The van der Waals surface area contributed by atoms with E-state index in [4.69, 9.17) is 10.5 Å². The molecular weight excluding hydrogens is 408 g/mol. The summed E-state index contributed by atoms with van der Waals surface area (Å²) in [5, 5.41) is 4.41. The Bertz CT molecular complexity index is 1170. The van der Waals surface area contributed by atoms with Crippen molar-refractivity contribution in [2.24, 2.45) is 0 Å². The number of nitrogens with two attached hydrogens (primary N) is 1. The third-order valence-electron chi connectivity index (χ3n) is 4.53. The predicted octanol–water partition coefficient (Wildman–Crippen LogP) is 2.69. The van der Waals surface area contributed by atoms with Gasteiger partial charge in [-0.3, -0.25) is 0 Å². The number of nitrogens with zero attached hydrogens (tertiary/aromatic N) is 7. The van der Waals surface area contributed by atoms with Crippen molar-refractivity contribution in [2.75, 3.05) is 24.7 Å². The van der Waals surface area contributed by atoms with Crippen molar-refractivity contribution in [3.05, 3.63) is 72.3 Å². The summed E-state index contributed by atoms with van der Waals surface area (Å²) in [6, 6.07) is 19.0. The van der Waals surface area contributed by atoms with Crippen LogP contribution in [0.1, 0.15) is 29.5 Å². The lowest BCUT2D eigenvalue weighted by Crippen LogP contribution is -2.19. The largest absolute Gasteiger partial charge is 0.448 e. The molecule has 10 nitrogen and oxygen atoms in total. The fraction of sp³-hybridized carbons (Fsp3) is 0.182. The zero-order valence-electron chi connectivity index (χ0n) is 17.9. The molecule has 0 aliphatic rings. The highest BCUT2D eigenvalue weighted by Gasteiger charge is 2.24. The van der Waals surface area contributed by atoms with Crippen LogP contribution >= 0.6 is 0 Å². The van der Waals surface area contributed by atoms with E-state index in [0.717, 1.165) is 11.3 Å². The van der Waals surface area contributed by atoms with Gasteiger partial charge in [0.2, 0.25) is 11.9 Å². The Morgan fingerprint density at radius 1 is 0.969 bits per heavy atom. The first kappa shape index (κ1) is 20.9. The van der Waals surface area contributed by atoms with E-state index in [1.807, 2.05) is 60.7 Å². The van der Waals surface area contributed by atoms with Crippen molar-refractivity contribution < 1.29 is 9.53 Å². The molecule has 0 aliphatic heterocycles. The molecule has 32 heavy (non-hydrogen) atoms. The van der Waals surface area contributed by atoms with Gasteiger partial charge in [0, 0.05) is 19.7 Å². The minimum absolute atomic E-state index is 0.0412. The summed E-state index contributed by atoms with van der Waals surface area (Å²) in [5.41, 5.74) is 7.36.